The summed E-state index contributed by atoms with van der Waals surface area (Å²) in [4.78, 5) is 11.8. The highest BCUT2D eigenvalue weighted by Crippen LogP contribution is 2.44. The van der Waals surface area contributed by atoms with Gasteiger partial charge in [-0.25, -0.2) is 14.4 Å². The first-order valence-electron chi connectivity index (χ1n) is 20.7. The third-order valence-corrected chi connectivity index (χ3v) is 14.5. The zero-order chi connectivity index (χ0) is 40.9. The van der Waals surface area contributed by atoms with Crippen LogP contribution in [-0.2, 0) is 0 Å². The van der Waals surface area contributed by atoms with Crippen LogP contribution in [0, 0.1) is 5.82 Å². The first-order valence-corrected chi connectivity index (χ1v) is 22.3. The highest BCUT2D eigenvalue weighted by molar-refractivity contribution is 7.26. The standard InChI is InChI=1S/C56H32FN3S2/c57-38-14-7-13-36(31-38)40-19-9-12-34-11-8-18-39(51(34)40)33-25-27-35(28-26-33)54-53-44-17-3-6-23-49(44)62-55(53)59-56(58-54)60-46-21-4-1-15-42(46)45-32-37(29-30-47(45)60)41-20-10-24-50-52(41)43-16-2-5-22-48(43)61-50/h1-32H. The fraction of sp³-hybridized carbons (Fsp3) is 0. The number of hydrogen-bond acceptors (Lipinski definition) is 4. The van der Waals surface area contributed by atoms with Gasteiger partial charge in [-0.05, 0) is 92.7 Å². The molecule has 0 spiro atoms. The minimum atomic E-state index is -0.246. The summed E-state index contributed by atoms with van der Waals surface area (Å²) in [6, 6.07) is 67.6. The Morgan fingerprint density at radius 2 is 0.968 bits per heavy atom. The molecule has 0 amide bonds. The van der Waals surface area contributed by atoms with Crippen molar-refractivity contribution < 1.29 is 4.39 Å². The lowest BCUT2D eigenvalue weighted by Crippen LogP contribution is -2.02. The number of nitrogens with zero attached hydrogens (tertiary/aromatic N) is 3. The number of fused-ring (bicyclic) bond motifs is 10. The van der Waals surface area contributed by atoms with Crippen molar-refractivity contribution in [2.45, 2.75) is 0 Å². The minimum absolute atomic E-state index is 0.246. The first kappa shape index (κ1) is 35.3. The van der Waals surface area contributed by atoms with E-state index < -0.39 is 0 Å². The predicted molar refractivity (Wildman–Crippen MR) is 261 cm³/mol. The second-order valence-electron chi connectivity index (χ2n) is 15.8. The SMILES string of the molecule is Fc1cccc(-c2cccc3cccc(-c4ccc(-c5nc(-n6c7ccccc7c7cc(-c8cccc9sc%10ccccc%10c89)ccc76)nc6sc7ccccc7c56)cc4)c23)c1. The van der Waals surface area contributed by atoms with Crippen LogP contribution in [0.4, 0.5) is 4.39 Å². The molecule has 4 aromatic heterocycles. The van der Waals surface area contributed by atoms with Crippen LogP contribution < -0.4 is 0 Å². The maximum Gasteiger partial charge on any atom is 0.236 e. The number of thiophene rings is 2. The van der Waals surface area contributed by atoms with Crippen LogP contribution in [0.5, 0.6) is 0 Å². The van der Waals surface area contributed by atoms with E-state index in [4.69, 9.17) is 9.97 Å². The molecule has 13 rings (SSSR count). The normalized spacial score (nSPS) is 12.0. The number of benzene rings is 9. The van der Waals surface area contributed by atoms with Gasteiger partial charge in [0.15, 0.2) is 0 Å². The van der Waals surface area contributed by atoms with Crippen molar-refractivity contribution in [1.29, 1.82) is 0 Å². The Morgan fingerprint density at radius 1 is 0.387 bits per heavy atom. The Morgan fingerprint density at radius 3 is 1.76 bits per heavy atom. The van der Waals surface area contributed by atoms with E-state index in [1.54, 1.807) is 23.5 Å². The monoisotopic (exact) mass is 829 g/mol. The lowest BCUT2D eigenvalue weighted by molar-refractivity contribution is 0.628. The third-order valence-electron chi connectivity index (χ3n) is 12.3. The molecule has 0 N–H and O–H groups in total. The van der Waals surface area contributed by atoms with Gasteiger partial charge in [-0.2, -0.15) is 0 Å². The van der Waals surface area contributed by atoms with Crippen molar-refractivity contribution in [2.24, 2.45) is 0 Å². The van der Waals surface area contributed by atoms with Gasteiger partial charge in [0.25, 0.3) is 0 Å². The molecule has 0 aliphatic carbocycles. The average molecular weight is 830 g/mol. The Bertz CT molecular complexity index is 3950. The summed E-state index contributed by atoms with van der Waals surface area (Å²) in [5.74, 6) is 0.395. The highest BCUT2D eigenvalue weighted by atomic mass is 32.1. The molecule has 0 atom stereocenters. The van der Waals surface area contributed by atoms with Crippen LogP contribution in [0.3, 0.4) is 0 Å². The summed E-state index contributed by atoms with van der Waals surface area (Å²) in [7, 11) is 0. The fourth-order valence-corrected chi connectivity index (χ4v) is 11.8. The molecule has 4 heterocycles. The van der Waals surface area contributed by atoms with Gasteiger partial charge in [-0.15, -0.1) is 22.7 Å². The highest BCUT2D eigenvalue weighted by Gasteiger charge is 2.21. The van der Waals surface area contributed by atoms with Crippen LogP contribution in [0.1, 0.15) is 0 Å². The van der Waals surface area contributed by atoms with E-state index in [0.29, 0.717) is 5.95 Å². The van der Waals surface area contributed by atoms with Crippen molar-refractivity contribution >= 4 is 95.7 Å². The zero-order valence-electron chi connectivity index (χ0n) is 33.0. The van der Waals surface area contributed by atoms with Gasteiger partial charge >= 0.3 is 0 Å². The summed E-state index contributed by atoms with van der Waals surface area (Å²) in [5, 5.41) is 9.32. The van der Waals surface area contributed by atoms with Crippen molar-refractivity contribution in [3.05, 3.63) is 200 Å². The molecule has 6 heteroatoms. The molecule has 13 aromatic rings. The van der Waals surface area contributed by atoms with E-state index in [0.717, 1.165) is 81.7 Å². The molecule has 0 bridgehead atoms. The van der Waals surface area contributed by atoms with Crippen LogP contribution in [0.25, 0.3) is 124 Å². The van der Waals surface area contributed by atoms with Gasteiger partial charge < -0.3 is 0 Å². The Kier molecular flexibility index (Phi) is 7.83. The summed E-state index contributed by atoms with van der Waals surface area (Å²) in [5.41, 5.74) is 10.5. The average Bonchev–Trinajstić information content (AvgIpc) is 4.00. The third kappa shape index (κ3) is 5.40. The number of hydrogen-bond donors (Lipinski definition) is 0. The summed E-state index contributed by atoms with van der Waals surface area (Å²) < 4.78 is 20.5. The maximum absolute atomic E-state index is 14.5. The molecule has 3 nitrogen and oxygen atoms in total. The topological polar surface area (TPSA) is 30.7 Å². The van der Waals surface area contributed by atoms with Crippen LogP contribution >= 0.6 is 22.7 Å². The van der Waals surface area contributed by atoms with Gasteiger partial charge in [0, 0.05) is 52.0 Å². The molecule has 0 unspecified atom stereocenters. The maximum atomic E-state index is 14.5. The van der Waals surface area contributed by atoms with Gasteiger partial charge in [-0.1, -0.05) is 146 Å². The lowest BCUT2D eigenvalue weighted by atomic mass is 9.91. The molecule has 0 radical (unpaired) electrons. The molecular weight excluding hydrogens is 798 g/mol. The molecule has 0 aliphatic heterocycles. The number of para-hydroxylation sites is 1. The van der Waals surface area contributed by atoms with Crippen molar-refractivity contribution in [1.82, 2.24) is 14.5 Å². The summed E-state index contributed by atoms with van der Waals surface area (Å²) in [6.07, 6.45) is 0. The molecule has 0 saturated carbocycles. The first-order chi connectivity index (χ1) is 30.6. The molecule has 9 aromatic carbocycles. The molecule has 0 fully saturated rings. The molecule has 0 saturated heterocycles. The number of aromatic nitrogens is 3. The Labute approximate surface area is 363 Å². The second-order valence-corrected chi connectivity index (χ2v) is 17.9. The van der Waals surface area contributed by atoms with E-state index in [1.165, 1.54) is 42.1 Å². The molecular formula is C56H32FN3S2. The van der Waals surface area contributed by atoms with Gasteiger partial charge in [-0.3, -0.25) is 4.57 Å². The van der Waals surface area contributed by atoms with E-state index in [9.17, 15) is 4.39 Å². The number of rotatable bonds is 5. The predicted octanol–water partition coefficient (Wildman–Crippen LogP) is 16.3. The minimum Gasteiger partial charge on any atom is -0.278 e. The quantitative estimate of drug-likeness (QED) is 0.173. The van der Waals surface area contributed by atoms with Crippen LogP contribution in [0.2, 0.25) is 0 Å². The van der Waals surface area contributed by atoms with Crippen LogP contribution in [-0.4, -0.2) is 14.5 Å². The van der Waals surface area contributed by atoms with Gasteiger partial charge in [0.2, 0.25) is 5.95 Å². The lowest BCUT2D eigenvalue weighted by Gasteiger charge is -2.14. The zero-order valence-corrected chi connectivity index (χ0v) is 34.6. The van der Waals surface area contributed by atoms with Crippen molar-refractivity contribution in [3.63, 3.8) is 0 Å². The van der Waals surface area contributed by atoms with Crippen molar-refractivity contribution in [3.8, 4) is 50.6 Å². The van der Waals surface area contributed by atoms with Gasteiger partial charge in [0.05, 0.1) is 16.7 Å². The molecule has 62 heavy (non-hydrogen) atoms. The largest absolute Gasteiger partial charge is 0.278 e. The second kappa shape index (κ2) is 13.8. The fourth-order valence-electron chi connectivity index (χ4n) is 9.58. The Balaban J connectivity index is 0.996. The van der Waals surface area contributed by atoms with E-state index in [1.807, 2.05) is 23.5 Å². The van der Waals surface area contributed by atoms with E-state index in [2.05, 4.69) is 168 Å². The smallest absolute Gasteiger partial charge is 0.236 e. The molecule has 0 aliphatic rings. The summed E-state index contributed by atoms with van der Waals surface area (Å²) >= 11 is 3.56. The molecule has 290 valence electrons. The van der Waals surface area contributed by atoms with E-state index in [-0.39, 0.29) is 5.82 Å². The number of halogens is 1. The van der Waals surface area contributed by atoms with Gasteiger partial charge in [0.1, 0.15) is 10.6 Å². The van der Waals surface area contributed by atoms with Crippen LogP contribution in [0.15, 0.2) is 194 Å². The van der Waals surface area contributed by atoms with E-state index >= 15 is 0 Å². The summed E-state index contributed by atoms with van der Waals surface area (Å²) in [6.45, 7) is 0. The Hall–Kier alpha value is -7.51. The van der Waals surface area contributed by atoms with Crippen molar-refractivity contribution in [2.75, 3.05) is 0 Å².